The highest BCUT2D eigenvalue weighted by Crippen LogP contribution is 2.31. The molecule has 2 rings (SSSR count). The second kappa shape index (κ2) is 6.85. The first-order valence-electron chi connectivity index (χ1n) is 6.22. The smallest absolute Gasteiger partial charge is 0.161 e. The number of pyridine rings is 1. The highest BCUT2D eigenvalue weighted by molar-refractivity contribution is 6.37. The summed E-state index contributed by atoms with van der Waals surface area (Å²) in [7, 11) is 3.53. The summed E-state index contributed by atoms with van der Waals surface area (Å²) < 4.78 is 5.21. The van der Waals surface area contributed by atoms with Gasteiger partial charge in [0, 0.05) is 13.6 Å². The first-order chi connectivity index (χ1) is 10.0. The van der Waals surface area contributed by atoms with Gasteiger partial charge in [0.15, 0.2) is 5.82 Å². The summed E-state index contributed by atoms with van der Waals surface area (Å²) >= 11 is 12.2. The van der Waals surface area contributed by atoms with E-state index in [1.165, 1.54) is 0 Å². The summed E-state index contributed by atoms with van der Waals surface area (Å²) in [6.07, 6.45) is 0. The number of rotatable bonds is 5. The molecular formula is C14H16Cl2N4O. The summed E-state index contributed by atoms with van der Waals surface area (Å²) in [5.74, 6) is 7.17. The molecule has 21 heavy (non-hydrogen) atoms. The zero-order chi connectivity index (χ0) is 15.4. The molecule has 0 radical (unpaired) electrons. The second-order valence-corrected chi connectivity index (χ2v) is 5.29. The molecular weight excluding hydrogens is 311 g/mol. The Balaban J connectivity index is 2.25. The molecule has 1 heterocycles. The zero-order valence-corrected chi connectivity index (χ0v) is 13.2. The molecule has 0 unspecified atom stereocenters. The second-order valence-electron chi connectivity index (χ2n) is 4.48. The Labute approximate surface area is 133 Å². The van der Waals surface area contributed by atoms with E-state index in [0.717, 1.165) is 11.3 Å². The van der Waals surface area contributed by atoms with E-state index in [1.807, 2.05) is 36.2 Å². The van der Waals surface area contributed by atoms with Gasteiger partial charge in [0.1, 0.15) is 11.6 Å². The number of aromatic nitrogens is 1. The Kier molecular flexibility index (Phi) is 5.12. The molecule has 0 atom stereocenters. The number of methoxy groups -OCH3 is 1. The third kappa shape index (κ3) is 3.69. The Morgan fingerprint density at radius 3 is 2.71 bits per heavy atom. The van der Waals surface area contributed by atoms with Crippen LogP contribution in [0.15, 0.2) is 30.3 Å². The van der Waals surface area contributed by atoms with E-state index >= 15 is 0 Å². The van der Waals surface area contributed by atoms with Crippen LogP contribution in [0.1, 0.15) is 5.56 Å². The van der Waals surface area contributed by atoms with E-state index in [2.05, 4.69) is 10.4 Å². The zero-order valence-electron chi connectivity index (χ0n) is 11.7. The van der Waals surface area contributed by atoms with E-state index < -0.39 is 0 Å². The number of halogens is 2. The average Bonchev–Trinajstić information content (AvgIpc) is 2.47. The van der Waals surface area contributed by atoms with E-state index in [9.17, 15) is 0 Å². The molecule has 3 N–H and O–H groups in total. The molecule has 7 heteroatoms. The molecule has 0 fully saturated rings. The third-order valence-corrected chi connectivity index (χ3v) is 3.53. The minimum atomic E-state index is 0.376. The van der Waals surface area contributed by atoms with Gasteiger partial charge in [0.2, 0.25) is 0 Å². The number of nitrogens with zero attached hydrogens (tertiary/aromatic N) is 2. The number of hydrogen-bond donors (Lipinski definition) is 2. The van der Waals surface area contributed by atoms with Crippen LogP contribution in [0.4, 0.5) is 11.6 Å². The van der Waals surface area contributed by atoms with E-state index in [0.29, 0.717) is 28.2 Å². The largest absolute Gasteiger partial charge is 0.497 e. The molecule has 0 aliphatic heterocycles. The van der Waals surface area contributed by atoms with Crippen molar-refractivity contribution in [1.82, 2.24) is 4.98 Å². The summed E-state index contributed by atoms with van der Waals surface area (Å²) in [6.45, 7) is 0.621. The SMILES string of the molecule is COc1cccc(CN(C)c2nc(NN)c(Cl)cc2Cl)c1. The molecule has 0 amide bonds. The highest BCUT2D eigenvalue weighted by atomic mass is 35.5. The van der Waals surface area contributed by atoms with Crippen LogP contribution in [-0.2, 0) is 6.54 Å². The number of hydrazine groups is 1. The number of nitrogens with one attached hydrogen (secondary N) is 1. The summed E-state index contributed by atoms with van der Waals surface area (Å²) in [6, 6.07) is 9.41. The quantitative estimate of drug-likeness (QED) is 0.651. The number of hydrogen-bond acceptors (Lipinski definition) is 5. The van der Waals surface area contributed by atoms with Gasteiger partial charge < -0.3 is 15.1 Å². The van der Waals surface area contributed by atoms with Gasteiger partial charge in [-0.1, -0.05) is 35.3 Å². The molecule has 1 aromatic heterocycles. The Morgan fingerprint density at radius 2 is 2.05 bits per heavy atom. The number of ether oxygens (including phenoxy) is 1. The molecule has 0 aliphatic carbocycles. The Bertz CT molecular complexity index is 636. The lowest BCUT2D eigenvalue weighted by Crippen LogP contribution is -2.19. The van der Waals surface area contributed by atoms with E-state index in [4.69, 9.17) is 33.8 Å². The maximum Gasteiger partial charge on any atom is 0.161 e. The maximum atomic E-state index is 6.20. The monoisotopic (exact) mass is 326 g/mol. The molecule has 0 spiro atoms. The Morgan fingerprint density at radius 1 is 1.29 bits per heavy atom. The van der Waals surface area contributed by atoms with Gasteiger partial charge in [0.05, 0.1) is 17.2 Å². The van der Waals surface area contributed by atoms with Gasteiger partial charge in [-0.25, -0.2) is 10.8 Å². The van der Waals surface area contributed by atoms with Crippen LogP contribution in [0, 0.1) is 0 Å². The fourth-order valence-corrected chi connectivity index (χ4v) is 2.50. The molecule has 0 saturated carbocycles. The molecule has 0 saturated heterocycles. The minimum Gasteiger partial charge on any atom is -0.497 e. The van der Waals surface area contributed by atoms with Crippen LogP contribution in [0.2, 0.25) is 10.0 Å². The lowest BCUT2D eigenvalue weighted by Gasteiger charge is -2.21. The maximum absolute atomic E-state index is 6.20. The first kappa shape index (κ1) is 15.7. The van der Waals surface area contributed by atoms with Crippen molar-refractivity contribution in [3.63, 3.8) is 0 Å². The number of nitrogens with two attached hydrogens (primary N) is 1. The van der Waals surface area contributed by atoms with Gasteiger partial charge in [-0.05, 0) is 23.8 Å². The van der Waals surface area contributed by atoms with Crippen molar-refractivity contribution in [2.45, 2.75) is 6.54 Å². The van der Waals surface area contributed by atoms with Crippen LogP contribution in [0.25, 0.3) is 0 Å². The van der Waals surface area contributed by atoms with Crippen LogP contribution in [0.5, 0.6) is 5.75 Å². The molecule has 112 valence electrons. The molecule has 0 aliphatic rings. The highest BCUT2D eigenvalue weighted by Gasteiger charge is 2.13. The molecule has 2 aromatic rings. The van der Waals surface area contributed by atoms with Crippen LogP contribution in [0.3, 0.4) is 0 Å². The van der Waals surface area contributed by atoms with Crippen molar-refractivity contribution >= 4 is 34.8 Å². The van der Waals surface area contributed by atoms with Crippen LogP contribution >= 0.6 is 23.2 Å². The first-order valence-corrected chi connectivity index (χ1v) is 6.97. The minimum absolute atomic E-state index is 0.376. The van der Waals surface area contributed by atoms with Crippen molar-refractivity contribution in [3.05, 3.63) is 45.9 Å². The predicted octanol–water partition coefficient (Wildman–Crippen LogP) is 3.32. The fourth-order valence-electron chi connectivity index (χ4n) is 1.95. The molecule has 5 nitrogen and oxygen atoms in total. The standard InChI is InChI=1S/C14H16Cl2N4O/c1-20(8-9-4-3-5-10(6-9)21-2)14-12(16)7-11(15)13(18-14)19-17/h3-7H,8,17H2,1-2H3,(H,18,19). The average molecular weight is 327 g/mol. The van der Waals surface area contributed by atoms with Crippen molar-refractivity contribution < 1.29 is 4.74 Å². The van der Waals surface area contributed by atoms with Gasteiger partial charge in [-0.15, -0.1) is 0 Å². The van der Waals surface area contributed by atoms with Crippen molar-refractivity contribution in [2.75, 3.05) is 24.5 Å². The van der Waals surface area contributed by atoms with Crippen molar-refractivity contribution in [2.24, 2.45) is 5.84 Å². The third-order valence-electron chi connectivity index (χ3n) is 2.96. The molecule has 1 aromatic carbocycles. The summed E-state index contributed by atoms with van der Waals surface area (Å²) in [5.41, 5.74) is 3.53. The summed E-state index contributed by atoms with van der Waals surface area (Å²) in [4.78, 5) is 6.23. The number of nitrogen functional groups attached to an aromatic ring is 1. The van der Waals surface area contributed by atoms with Crippen molar-refractivity contribution in [3.8, 4) is 5.75 Å². The van der Waals surface area contributed by atoms with Crippen molar-refractivity contribution in [1.29, 1.82) is 0 Å². The van der Waals surface area contributed by atoms with Gasteiger partial charge in [-0.2, -0.15) is 0 Å². The van der Waals surface area contributed by atoms with Gasteiger partial charge in [-0.3, -0.25) is 0 Å². The van der Waals surface area contributed by atoms with Gasteiger partial charge in [0.25, 0.3) is 0 Å². The predicted molar refractivity (Wildman–Crippen MR) is 87.2 cm³/mol. The summed E-state index contributed by atoms with van der Waals surface area (Å²) in [5, 5.41) is 0.838. The van der Waals surface area contributed by atoms with Crippen LogP contribution < -0.4 is 20.9 Å². The van der Waals surface area contributed by atoms with E-state index in [1.54, 1.807) is 13.2 Å². The number of benzene rings is 1. The fraction of sp³-hybridized carbons (Fsp3) is 0.214. The van der Waals surface area contributed by atoms with Crippen LogP contribution in [-0.4, -0.2) is 19.1 Å². The lowest BCUT2D eigenvalue weighted by atomic mass is 10.2. The van der Waals surface area contributed by atoms with Gasteiger partial charge >= 0.3 is 0 Å². The number of anilines is 2. The normalized spacial score (nSPS) is 10.3. The molecule has 0 bridgehead atoms. The van der Waals surface area contributed by atoms with E-state index in [-0.39, 0.29) is 0 Å². The lowest BCUT2D eigenvalue weighted by molar-refractivity contribution is 0.414. The Hall–Kier alpha value is -1.69. The topological polar surface area (TPSA) is 63.4 Å².